The second-order valence-corrected chi connectivity index (χ2v) is 8.71. The molecule has 0 saturated carbocycles. The minimum atomic E-state index is -0.201. The van der Waals surface area contributed by atoms with Gasteiger partial charge in [0.05, 0.1) is 17.8 Å². The molecule has 0 saturated heterocycles. The smallest absolute Gasteiger partial charge is 0.262 e. The van der Waals surface area contributed by atoms with Gasteiger partial charge in [-0.2, -0.15) is 0 Å². The molecule has 5 nitrogen and oxygen atoms in total. The summed E-state index contributed by atoms with van der Waals surface area (Å²) in [5, 5.41) is 3.56. The van der Waals surface area contributed by atoms with Gasteiger partial charge in [-0.3, -0.25) is 14.2 Å². The third-order valence-electron chi connectivity index (χ3n) is 4.73. The van der Waals surface area contributed by atoms with Gasteiger partial charge in [-0.05, 0) is 42.9 Å². The Morgan fingerprint density at radius 1 is 1.21 bits per heavy atom. The first-order valence-electron chi connectivity index (χ1n) is 9.73. The van der Waals surface area contributed by atoms with E-state index in [1.165, 1.54) is 27.8 Å². The fourth-order valence-electron chi connectivity index (χ4n) is 3.24. The molecule has 0 aliphatic carbocycles. The van der Waals surface area contributed by atoms with Crippen LogP contribution in [0.25, 0.3) is 10.2 Å². The van der Waals surface area contributed by atoms with Gasteiger partial charge in [0.2, 0.25) is 5.91 Å². The Morgan fingerprint density at radius 2 is 1.93 bits per heavy atom. The summed E-state index contributed by atoms with van der Waals surface area (Å²) in [5.74, 6) is 0.414. The highest BCUT2D eigenvalue weighted by molar-refractivity contribution is 7.18. The predicted molar refractivity (Wildman–Crippen MR) is 115 cm³/mol. The van der Waals surface area contributed by atoms with Gasteiger partial charge in [0.25, 0.3) is 5.56 Å². The molecule has 3 rings (SSSR count). The number of rotatable bonds is 7. The minimum Gasteiger partial charge on any atom is -0.348 e. The third-order valence-corrected chi connectivity index (χ3v) is 5.92. The summed E-state index contributed by atoms with van der Waals surface area (Å²) in [7, 11) is 0. The van der Waals surface area contributed by atoms with Crippen LogP contribution in [0.4, 0.5) is 0 Å². The Labute approximate surface area is 169 Å². The molecule has 2 aromatic heterocycles. The maximum Gasteiger partial charge on any atom is 0.262 e. The third kappa shape index (κ3) is 4.68. The molecular formula is C22H27N3O2S. The molecule has 0 fully saturated rings. The van der Waals surface area contributed by atoms with Crippen molar-refractivity contribution >= 4 is 27.5 Å². The van der Waals surface area contributed by atoms with Gasteiger partial charge in [-0.25, -0.2) is 4.98 Å². The second kappa shape index (κ2) is 8.69. The maximum absolute atomic E-state index is 12.6. The van der Waals surface area contributed by atoms with Crippen molar-refractivity contribution in [2.45, 2.75) is 53.1 Å². The number of nitrogens with zero attached hydrogens (tertiary/aromatic N) is 2. The van der Waals surface area contributed by atoms with Crippen molar-refractivity contribution in [3.05, 3.63) is 63.0 Å². The highest BCUT2D eigenvalue weighted by atomic mass is 32.1. The summed E-state index contributed by atoms with van der Waals surface area (Å²) in [5.41, 5.74) is 2.18. The average molecular weight is 398 g/mol. The van der Waals surface area contributed by atoms with Crippen LogP contribution in [0.3, 0.4) is 0 Å². The van der Waals surface area contributed by atoms with Gasteiger partial charge < -0.3 is 5.32 Å². The Bertz CT molecular complexity index is 1020. The first-order chi connectivity index (χ1) is 13.4. The zero-order valence-electron chi connectivity index (χ0n) is 16.9. The van der Waals surface area contributed by atoms with Gasteiger partial charge in [-0.1, -0.05) is 45.0 Å². The average Bonchev–Trinajstić information content (AvgIpc) is 3.08. The van der Waals surface area contributed by atoms with Crippen LogP contribution in [-0.4, -0.2) is 15.5 Å². The molecule has 148 valence electrons. The quantitative estimate of drug-likeness (QED) is 0.653. The number of aromatic nitrogens is 2. The SMILES string of the molecule is CCc1cc2c(=O)n(CC(=O)NC(C)c3ccc(CC(C)C)cc3)cnc2s1. The number of carbonyl (C=O) groups is 1. The van der Waals surface area contributed by atoms with Crippen molar-refractivity contribution in [3.63, 3.8) is 0 Å². The molecule has 0 aliphatic heterocycles. The Kier molecular flexibility index (Phi) is 6.29. The highest BCUT2D eigenvalue weighted by Crippen LogP contribution is 2.21. The van der Waals surface area contributed by atoms with Crippen LogP contribution < -0.4 is 10.9 Å². The van der Waals surface area contributed by atoms with E-state index in [9.17, 15) is 9.59 Å². The number of amides is 1. The van der Waals surface area contributed by atoms with E-state index >= 15 is 0 Å². The van der Waals surface area contributed by atoms with Crippen molar-refractivity contribution in [1.29, 1.82) is 0 Å². The van der Waals surface area contributed by atoms with Crippen molar-refractivity contribution in [1.82, 2.24) is 14.9 Å². The van der Waals surface area contributed by atoms with E-state index in [4.69, 9.17) is 0 Å². The van der Waals surface area contributed by atoms with E-state index in [-0.39, 0.29) is 24.1 Å². The van der Waals surface area contributed by atoms with Crippen LogP contribution in [0, 0.1) is 5.92 Å². The van der Waals surface area contributed by atoms with Crippen LogP contribution in [0.1, 0.15) is 49.7 Å². The van der Waals surface area contributed by atoms with E-state index in [1.54, 1.807) is 0 Å². The van der Waals surface area contributed by atoms with E-state index < -0.39 is 0 Å². The molecule has 3 aromatic rings. The molecule has 28 heavy (non-hydrogen) atoms. The van der Waals surface area contributed by atoms with Crippen molar-refractivity contribution in [2.24, 2.45) is 5.92 Å². The summed E-state index contributed by atoms with van der Waals surface area (Å²) in [6.07, 6.45) is 3.38. The van der Waals surface area contributed by atoms with Crippen LogP contribution in [-0.2, 0) is 24.2 Å². The summed E-state index contributed by atoms with van der Waals surface area (Å²) in [6.45, 7) is 8.36. The van der Waals surface area contributed by atoms with Crippen molar-refractivity contribution < 1.29 is 4.79 Å². The lowest BCUT2D eigenvalue weighted by molar-refractivity contribution is -0.122. The Hall–Kier alpha value is -2.47. The number of carbonyl (C=O) groups excluding carboxylic acids is 1. The standard InChI is InChI=1S/C22H27N3O2S/c1-5-18-11-19-21(28-18)23-13-25(22(19)27)12-20(26)24-15(4)17-8-6-16(7-9-17)10-14(2)3/h6-9,11,13-15H,5,10,12H2,1-4H3,(H,24,26). The first-order valence-corrected chi connectivity index (χ1v) is 10.5. The molecule has 1 unspecified atom stereocenters. The molecule has 0 radical (unpaired) electrons. The van der Waals surface area contributed by atoms with Gasteiger partial charge in [0.1, 0.15) is 11.4 Å². The van der Waals surface area contributed by atoms with E-state index in [0.717, 1.165) is 28.1 Å². The first kappa shape index (κ1) is 20.3. The number of benzene rings is 1. The largest absolute Gasteiger partial charge is 0.348 e. The lowest BCUT2D eigenvalue weighted by Gasteiger charge is -2.16. The fourth-order valence-corrected chi connectivity index (χ4v) is 4.16. The number of fused-ring (bicyclic) bond motifs is 1. The minimum absolute atomic E-state index is 0.0329. The zero-order chi connectivity index (χ0) is 20.3. The Morgan fingerprint density at radius 3 is 2.57 bits per heavy atom. The maximum atomic E-state index is 12.6. The molecule has 1 aromatic carbocycles. The summed E-state index contributed by atoms with van der Waals surface area (Å²) in [4.78, 5) is 31.3. The van der Waals surface area contributed by atoms with Gasteiger partial charge >= 0.3 is 0 Å². The van der Waals surface area contributed by atoms with E-state index in [1.807, 2.05) is 19.9 Å². The lowest BCUT2D eigenvalue weighted by Crippen LogP contribution is -2.33. The number of thiophene rings is 1. The number of nitrogens with one attached hydrogen (secondary N) is 1. The second-order valence-electron chi connectivity index (χ2n) is 7.59. The topological polar surface area (TPSA) is 64.0 Å². The number of hydrogen-bond donors (Lipinski definition) is 1. The molecule has 0 spiro atoms. The Balaban J connectivity index is 1.67. The van der Waals surface area contributed by atoms with E-state index in [2.05, 4.69) is 48.4 Å². The normalized spacial score (nSPS) is 12.5. The zero-order valence-corrected chi connectivity index (χ0v) is 17.7. The van der Waals surface area contributed by atoms with E-state index in [0.29, 0.717) is 11.3 Å². The van der Waals surface area contributed by atoms with Crippen LogP contribution >= 0.6 is 11.3 Å². The summed E-state index contributed by atoms with van der Waals surface area (Å²) in [6, 6.07) is 10.1. The monoisotopic (exact) mass is 397 g/mol. The molecule has 0 bridgehead atoms. The number of aryl methyl sites for hydroxylation is 1. The molecule has 0 aliphatic rings. The number of hydrogen-bond acceptors (Lipinski definition) is 4. The van der Waals surface area contributed by atoms with Gasteiger partial charge in [0.15, 0.2) is 0 Å². The molecule has 1 amide bonds. The van der Waals surface area contributed by atoms with Crippen LogP contribution in [0.15, 0.2) is 41.5 Å². The fraction of sp³-hybridized carbons (Fsp3) is 0.409. The predicted octanol–water partition coefficient (Wildman–Crippen LogP) is 4.10. The van der Waals surface area contributed by atoms with Crippen LogP contribution in [0.2, 0.25) is 0 Å². The van der Waals surface area contributed by atoms with Gasteiger partial charge in [-0.15, -0.1) is 11.3 Å². The lowest BCUT2D eigenvalue weighted by atomic mass is 10.00. The highest BCUT2D eigenvalue weighted by Gasteiger charge is 2.13. The molecule has 1 N–H and O–H groups in total. The van der Waals surface area contributed by atoms with Crippen LogP contribution in [0.5, 0.6) is 0 Å². The van der Waals surface area contributed by atoms with Crippen molar-refractivity contribution in [2.75, 3.05) is 0 Å². The molecule has 6 heteroatoms. The van der Waals surface area contributed by atoms with Gasteiger partial charge in [0, 0.05) is 4.88 Å². The molecule has 1 atom stereocenters. The van der Waals surface area contributed by atoms with Crippen molar-refractivity contribution in [3.8, 4) is 0 Å². The summed E-state index contributed by atoms with van der Waals surface area (Å²) < 4.78 is 1.38. The summed E-state index contributed by atoms with van der Waals surface area (Å²) >= 11 is 1.53. The molecular weight excluding hydrogens is 370 g/mol. The molecule has 2 heterocycles.